The fourth-order valence-corrected chi connectivity index (χ4v) is 3.91. The topological polar surface area (TPSA) is 49.8 Å². The first-order valence-corrected chi connectivity index (χ1v) is 8.19. The SMILES string of the molecule is O=C(O)C1CSCCN1CCc1ccc2c(c1)CCO2. The standard InChI is InChI=1S/C15H19NO3S/c17-15(18)13-10-20-8-6-16(13)5-3-11-1-2-14-12(9-11)4-7-19-14/h1-2,9,13H,3-8,10H2,(H,17,18). The fourth-order valence-electron chi connectivity index (χ4n) is 2.80. The molecular formula is C15H19NO3S. The van der Waals surface area contributed by atoms with Crippen LogP contribution >= 0.6 is 11.8 Å². The molecule has 1 saturated heterocycles. The van der Waals surface area contributed by atoms with Crippen molar-refractivity contribution < 1.29 is 14.6 Å². The molecule has 2 aliphatic heterocycles. The summed E-state index contributed by atoms with van der Waals surface area (Å²) >= 11 is 1.73. The number of ether oxygens (including phenoxy) is 1. The quantitative estimate of drug-likeness (QED) is 0.915. The average molecular weight is 293 g/mol. The maximum Gasteiger partial charge on any atom is 0.321 e. The highest BCUT2D eigenvalue weighted by Crippen LogP contribution is 2.26. The van der Waals surface area contributed by atoms with Crippen molar-refractivity contribution in [2.75, 3.05) is 31.2 Å². The van der Waals surface area contributed by atoms with Gasteiger partial charge in [-0.15, -0.1) is 0 Å². The van der Waals surface area contributed by atoms with E-state index in [1.807, 2.05) is 6.07 Å². The van der Waals surface area contributed by atoms with Gasteiger partial charge in [0, 0.05) is 31.0 Å². The van der Waals surface area contributed by atoms with E-state index in [0.29, 0.717) is 5.75 Å². The van der Waals surface area contributed by atoms with Gasteiger partial charge in [-0.3, -0.25) is 9.69 Å². The van der Waals surface area contributed by atoms with Crippen molar-refractivity contribution >= 4 is 17.7 Å². The molecule has 1 aromatic rings. The zero-order valence-electron chi connectivity index (χ0n) is 11.4. The lowest BCUT2D eigenvalue weighted by atomic mass is 10.1. The number of rotatable bonds is 4. The Morgan fingerprint density at radius 1 is 1.50 bits per heavy atom. The number of aliphatic carboxylic acids is 1. The minimum Gasteiger partial charge on any atom is -0.493 e. The second-order valence-corrected chi connectivity index (χ2v) is 6.41. The molecular weight excluding hydrogens is 274 g/mol. The van der Waals surface area contributed by atoms with Crippen LogP contribution in [-0.2, 0) is 17.6 Å². The first-order chi connectivity index (χ1) is 9.74. The minimum absolute atomic E-state index is 0.327. The lowest BCUT2D eigenvalue weighted by molar-refractivity contribution is -0.142. The zero-order valence-corrected chi connectivity index (χ0v) is 12.2. The molecule has 5 heteroatoms. The lowest BCUT2D eigenvalue weighted by Gasteiger charge is -2.32. The van der Waals surface area contributed by atoms with Gasteiger partial charge in [0.1, 0.15) is 11.8 Å². The summed E-state index contributed by atoms with van der Waals surface area (Å²) in [5.74, 6) is 2.04. The van der Waals surface area contributed by atoms with Crippen LogP contribution in [0.15, 0.2) is 18.2 Å². The van der Waals surface area contributed by atoms with Crippen LogP contribution in [0.2, 0.25) is 0 Å². The molecule has 3 rings (SSSR count). The van der Waals surface area contributed by atoms with Crippen LogP contribution in [0.5, 0.6) is 5.75 Å². The molecule has 0 aromatic heterocycles. The van der Waals surface area contributed by atoms with E-state index in [4.69, 9.17) is 4.74 Å². The van der Waals surface area contributed by atoms with Crippen molar-refractivity contribution in [2.24, 2.45) is 0 Å². The summed E-state index contributed by atoms with van der Waals surface area (Å²) in [7, 11) is 0. The van der Waals surface area contributed by atoms with Crippen LogP contribution in [0.3, 0.4) is 0 Å². The Labute approximate surface area is 123 Å². The third-order valence-corrected chi connectivity index (χ3v) is 4.99. The van der Waals surface area contributed by atoms with Crippen molar-refractivity contribution in [3.05, 3.63) is 29.3 Å². The van der Waals surface area contributed by atoms with Crippen LogP contribution in [0.1, 0.15) is 11.1 Å². The molecule has 1 aromatic carbocycles. The summed E-state index contributed by atoms with van der Waals surface area (Å²) < 4.78 is 5.51. The van der Waals surface area contributed by atoms with Crippen molar-refractivity contribution in [3.8, 4) is 5.75 Å². The Bertz CT molecular complexity index is 506. The zero-order chi connectivity index (χ0) is 13.9. The van der Waals surface area contributed by atoms with E-state index in [0.717, 1.165) is 44.0 Å². The van der Waals surface area contributed by atoms with Crippen molar-refractivity contribution in [1.29, 1.82) is 0 Å². The van der Waals surface area contributed by atoms with Crippen molar-refractivity contribution in [1.82, 2.24) is 4.90 Å². The molecule has 0 bridgehead atoms. The van der Waals surface area contributed by atoms with Gasteiger partial charge in [0.05, 0.1) is 6.61 Å². The fraction of sp³-hybridized carbons (Fsp3) is 0.533. The smallest absolute Gasteiger partial charge is 0.321 e. The summed E-state index contributed by atoms with van der Waals surface area (Å²) in [6.45, 7) is 2.47. The highest BCUT2D eigenvalue weighted by atomic mass is 32.2. The number of nitrogens with zero attached hydrogens (tertiary/aromatic N) is 1. The molecule has 2 aliphatic rings. The Balaban J connectivity index is 1.62. The third-order valence-electron chi connectivity index (χ3n) is 3.97. The maximum absolute atomic E-state index is 11.3. The van der Waals surface area contributed by atoms with Gasteiger partial charge in [-0.2, -0.15) is 11.8 Å². The van der Waals surface area contributed by atoms with Gasteiger partial charge in [0.25, 0.3) is 0 Å². The first-order valence-electron chi connectivity index (χ1n) is 7.03. The molecule has 0 radical (unpaired) electrons. The molecule has 0 aliphatic carbocycles. The van der Waals surface area contributed by atoms with Gasteiger partial charge < -0.3 is 9.84 Å². The van der Waals surface area contributed by atoms with Gasteiger partial charge in [0.2, 0.25) is 0 Å². The van der Waals surface area contributed by atoms with Crippen LogP contribution in [0.25, 0.3) is 0 Å². The van der Waals surface area contributed by atoms with Gasteiger partial charge in [-0.25, -0.2) is 0 Å². The minimum atomic E-state index is -0.695. The molecule has 1 atom stereocenters. The van der Waals surface area contributed by atoms with Crippen LogP contribution < -0.4 is 4.74 Å². The number of hydrogen-bond donors (Lipinski definition) is 1. The van der Waals surface area contributed by atoms with Crippen LogP contribution in [0, 0.1) is 0 Å². The van der Waals surface area contributed by atoms with E-state index in [-0.39, 0.29) is 6.04 Å². The Hall–Kier alpha value is -1.20. The largest absolute Gasteiger partial charge is 0.493 e. The summed E-state index contributed by atoms with van der Waals surface area (Å²) in [6.07, 6.45) is 1.89. The number of carboxylic acids is 1. The molecule has 1 unspecified atom stereocenters. The van der Waals surface area contributed by atoms with Gasteiger partial charge in [-0.1, -0.05) is 12.1 Å². The molecule has 1 fully saturated rings. The molecule has 0 spiro atoms. The lowest BCUT2D eigenvalue weighted by Crippen LogP contribution is -2.47. The molecule has 2 heterocycles. The van der Waals surface area contributed by atoms with Gasteiger partial charge in [0.15, 0.2) is 0 Å². The predicted molar refractivity (Wildman–Crippen MR) is 79.7 cm³/mol. The van der Waals surface area contributed by atoms with E-state index in [9.17, 15) is 9.90 Å². The first kappa shape index (κ1) is 13.8. The molecule has 0 amide bonds. The summed E-state index contributed by atoms with van der Waals surface area (Å²) in [6, 6.07) is 6.01. The van der Waals surface area contributed by atoms with E-state index >= 15 is 0 Å². The molecule has 1 N–H and O–H groups in total. The highest BCUT2D eigenvalue weighted by molar-refractivity contribution is 7.99. The predicted octanol–water partition coefficient (Wildman–Crippen LogP) is 1.67. The Kier molecular flexibility index (Phi) is 4.17. The number of carboxylic acid groups (broad SMARTS) is 1. The highest BCUT2D eigenvalue weighted by Gasteiger charge is 2.28. The van der Waals surface area contributed by atoms with E-state index in [2.05, 4.69) is 17.0 Å². The number of hydrogen-bond acceptors (Lipinski definition) is 4. The second-order valence-electron chi connectivity index (χ2n) is 5.26. The van der Waals surface area contributed by atoms with Gasteiger partial charge >= 0.3 is 5.97 Å². The van der Waals surface area contributed by atoms with E-state index < -0.39 is 5.97 Å². The van der Waals surface area contributed by atoms with E-state index in [1.54, 1.807) is 11.8 Å². The molecule has 4 nitrogen and oxygen atoms in total. The average Bonchev–Trinajstić information content (AvgIpc) is 2.92. The van der Waals surface area contributed by atoms with E-state index in [1.165, 1.54) is 11.1 Å². The number of fused-ring (bicyclic) bond motifs is 1. The molecule has 0 saturated carbocycles. The maximum atomic E-state index is 11.3. The third kappa shape index (κ3) is 2.94. The summed E-state index contributed by atoms with van der Waals surface area (Å²) in [4.78, 5) is 13.4. The number of thioether (sulfide) groups is 1. The number of carbonyl (C=O) groups is 1. The van der Waals surface area contributed by atoms with Gasteiger partial charge in [-0.05, 0) is 23.6 Å². The summed E-state index contributed by atoms with van der Waals surface area (Å²) in [5, 5.41) is 9.26. The monoisotopic (exact) mass is 293 g/mol. The number of benzene rings is 1. The van der Waals surface area contributed by atoms with Crippen molar-refractivity contribution in [3.63, 3.8) is 0 Å². The molecule has 20 heavy (non-hydrogen) atoms. The second kappa shape index (κ2) is 6.06. The molecule has 108 valence electrons. The Morgan fingerprint density at radius 2 is 2.40 bits per heavy atom. The van der Waals surface area contributed by atoms with Crippen LogP contribution in [-0.4, -0.2) is 53.2 Å². The van der Waals surface area contributed by atoms with Crippen LogP contribution in [0.4, 0.5) is 0 Å². The summed E-state index contributed by atoms with van der Waals surface area (Å²) in [5.41, 5.74) is 2.56. The van der Waals surface area contributed by atoms with Crippen molar-refractivity contribution in [2.45, 2.75) is 18.9 Å². The normalized spacial score (nSPS) is 22.3. The Morgan fingerprint density at radius 3 is 3.25 bits per heavy atom.